The maximum atomic E-state index is 13.3. The van der Waals surface area contributed by atoms with Gasteiger partial charge in [-0.1, -0.05) is 18.2 Å². The molecule has 1 aliphatic heterocycles. The van der Waals surface area contributed by atoms with E-state index in [0.717, 1.165) is 16.3 Å². The number of fused-ring (bicyclic) bond motifs is 3. The number of hydrogen-bond donors (Lipinski definition) is 0. The summed E-state index contributed by atoms with van der Waals surface area (Å²) in [5.41, 5.74) is 1.77. The first kappa shape index (κ1) is 19.5. The van der Waals surface area contributed by atoms with E-state index in [4.69, 9.17) is 4.74 Å². The van der Waals surface area contributed by atoms with Gasteiger partial charge < -0.3 is 14.2 Å². The van der Waals surface area contributed by atoms with Gasteiger partial charge in [0.15, 0.2) is 0 Å². The highest BCUT2D eigenvalue weighted by Crippen LogP contribution is 2.37. The monoisotopic (exact) mass is 405 g/mol. The lowest BCUT2D eigenvalue weighted by atomic mass is 9.97. The smallest absolute Gasteiger partial charge is 0.393 e. The Morgan fingerprint density at radius 1 is 1.28 bits per heavy atom. The van der Waals surface area contributed by atoms with Crippen molar-refractivity contribution in [2.45, 2.75) is 25.9 Å². The molecule has 0 bridgehead atoms. The maximum absolute atomic E-state index is 13.3. The molecule has 5 nitrogen and oxygen atoms in total. The third-order valence-electron chi connectivity index (χ3n) is 5.53. The molecule has 154 valence electrons. The molecule has 1 saturated heterocycles. The summed E-state index contributed by atoms with van der Waals surface area (Å²) >= 11 is 0. The van der Waals surface area contributed by atoms with Gasteiger partial charge >= 0.3 is 12.1 Å². The minimum absolute atomic E-state index is 0.0883. The fourth-order valence-electron chi connectivity index (χ4n) is 4.09. The van der Waals surface area contributed by atoms with Gasteiger partial charge in [-0.05, 0) is 31.9 Å². The quantitative estimate of drug-likeness (QED) is 0.594. The fourth-order valence-corrected chi connectivity index (χ4v) is 4.09. The van der Waals surface area contributed by atoms with E-state index in [0.29, 0.717) is 18.6 Å². The van der Waals surface area contributed by atoms with E-state index >= 15 is 0 Å². The Bertz CT molecular complexity index is 1070. The number of benzene rings is 1. The Morgan fingerprint density at radius 2 is 2.03 bits per heavy atom. The molecule has 2 aromatic heterocycles. The summed E-state index contributed by atoms with van der Waals surface area (Å²) in [4.78, 5) is 18.9. The molecule has 0 spiro atoms. The van der Waals surface area contributed by atoms with Crippen LogP contribution in [-0.2, 0) is 11.8 Å². The second-order valence-electron chi connectivity index (χ2n) is 7.35. The van der Waals surface area contributed by atoms with Gasteiger partial charge in [0.05, 0.1) is 18.0 Å². The standard InChI is InChI=1S/C21H22F3N3O2/c1-3-29-20(28)16-11-15-14-8-4-5-9-17(14)26(2)18(15)25-19(16)27-10-6-7-13(12-27)21(22,23)24/h4-5,8-9,11,13H,3,6-7,10,12H2,1-2H3/t13-/m1/s1. The molecule has 0 aliphatic carbocycles. The number of para-hydroxylation sites is 1. The summed E-state index contributed by atoms with van der Waals surface area (Å²) in [6.45, 7) is 2.08. The van der Waals surface area contributed by atoms with Crippen LogP contribution in [0.3, 0.4) is 0 Å². The number of esters is 1. The van der Waals surface area contributed by atoms with Crippen molar-refractivity contribution in [1.82, 2.24) is 9.55 Å². The zero-order chi connectivity index (χ0) is 20.8. The molecule has 0 saturated carbocycles. The van der Waals surface area contributed by atoms with E-state index in [1.165, 1.54) is 0 Å². The summed E-state index contributed by atoms with van der Waals surface area (Å²) in [5.74, 6) is -1.74. The molecule has 3 heterocycles. The number of piperidine rings is 1. The molecule has 0 unspecified atom stereocenters. The topological polar surface area (TPSA) is 47.4 Å². The average molecular weight is 405 g/mol. The van der Waals surface area contributed by atoms with Gasteiger partial charge in [-0.15, -0.1) is 0 Å². The van der Waals surface area contributed by atoms with Crippen LogP contribution in [0.2, 0.25) is 0 Å². The van der Waals surface area contributed by atoms with Gasteiger partial charge in [0, 0.05) is 30.9 Å². The van der Waals surface area contributed by atoms with Crippen LogP contribution in [0.15, 0.2) is 30.3 Å². The molecule has 0 amide bonds. The highest BCUT2D eigenvalue weighted by Gasteiger charge is 2.42. The fraction of sp³-hybridized carbons (Fsp3) is 0.429. The van der Waals surface area contributed by atoms with Crippen molar-refractivity contribution in [2.75, 3.05) is 24.6 Å². The molecular weight excluding hydrogens is 383 g/mol. The normalized spacial score (nSPS) is 17.8. The number of pyridine rings is 1. The number of alkyl halides is 3. The highest BCUT2D eigenvalue weighted by atomic mass is 19.4. The van der Waals surface area contributed by atoms with Gasteiger partial charge in [0.2, 0.25) is 0 Å². The molecular formula is C21H22F3N3O2. The molecule has 1 aliphatic rings. The zero-order valence-electron chi connectivity index (χ0n) is 16.3. The van der Waals surface area contributed by atoms with Crippen molar-refractivity contribution in [3.05, 3.63) is 35.9 Å². The van der Waals surface area contributed by atoms with Crippen LogP contribution in [-0.4, -0.2) is 41.4 Å². The Morgan fingerprint density at radius 3 is 2.76 bits per heavy atom. The first-order valence-electron chi connectivity index (χ1n) is 9.68. The average Bonchev–Trinajstić information content (AvgIpc) is 2.99. The summed E-state index contributed by atoms with van der Waals surface area (Å²) in [6.07, 6.45) is -3.79. The number of hydrogen-bond acceptors (Lipinski definition) is 4. The van der Waals surface area contributed by atoms with Gasteiger partial charge in [0.1, 0.15) is 17.0 Å². The van der Waals surface area contributed by atoms with Crippen LogP contribution in [0.4, 0.5) is 19.0 Å². The van der Waals surface area contributed by atoms with E-state index in [1.807, 2.05) is 35.9 Å². The molecule has 1 fully saturated rings. The molecule has 8 heteroatoms. The Balaban J connectivity index is 1.89. The second kappa shape index (κ2) is 7.24. The number of anilines is 1. The number of aryl methyl sites for hydroxylation is 1. The van der Waals surface area contributed by atoms with E-state index in [9.17, 15) is 18.0 Å². The van der Waals surface area contributed by atoms with Crippen LogP contribution in [0.1, 0.15) is 30.1 Å². The summed E-state index contributed by atoms with van der Waals surface area (Å²) in [5, 5.41) is 1.71. The molecule has 1 atom stereocenters. The lowest BCUT2D eigenvalue weighted by Crippen LogP contribution is -2.42. The molecule has 0 N–H and O–H groups in total. The molecule has 4 rings (SSSR count). The lowest BCUT2D eigenvalue weighted by Gasteiger charge is -2.35. The van der Waals surface area contributed by atoms with Crippen LogP contribution < -0.4 is 4.90 Å². The molecule has 1 aromatic carbocycles. The third kappa shape index (κ3) is 3.41. The van der Waals surface area contributed by atoms with E-state index in [2.05, 4.69) is 4.98 Å². The van der Waals surface area contributed by atoms with Crippen LogP contribution in [0.25, 0.3) is 21.9 Å². The summed E-state index contributed by atoms with van der Waals surface area (Å²) < 4.78 is 47.1. The van der Waals surface area contributed by atoms with Gasteiger partial charge in [-0.2, -0.15) is 13.2 Å². The maximum Gasteiger partial charge on any atom is 0.393 e. The number of rotatable bonds is 3. The number of carbonyl (C=O) groups is 1. The zero-order valence-corrected chi connectivity index (χ0v) is 16.3. The number of nitrogens with zero attached hydrogens (tertiary/aromatic N) is 3. The largest absolute Gasteiger partial charge is 0.462 e. The van der Waals surface area contributed by atoms with Crippen molar-refractivity contribution >= 4 is 33.7 Å². The molecule has 0 radical (unpaired) electrons. The Kier molecular flexibility index (Phi) is 4.88. The number of aromatic nitrogens is 2. The van der Waals surface area contributed by atoms with Gasteiger partial charge in [-0.3, -0.25) is 0 Å². The minimum Gasteiger partial charge on any atom is -0.462 e. The molecule has 29 heavy (non-hydrogen) atoms. The van der Waals surface area contributed by atoms with Crippen molar-refractivity contribution in [1.29, 1.82) is 0 Å². The third-order valence-corrected chi connectivity index (χ3v) is 5.53. The second-order valence-corrected chi connectivity index (χ2v) is 7.35. The van der Waals surface area contributed by atoms with Gasteiger partial charge in [0.25, 0.3) is 0 Å². The first-order valence-corrected chi connectivity index (χ1v) is 9.68. The van der Waals surface area contributed by atoms with E-state index in [-0.39, 0.29) is 31.0 Å². The van der Waals surface area contributed by atoms with Gasteiger partial charge in [-0.25, -0.2) is 9.78 Å². The number of carbonyl (C=O) groups excluding carboxylic acids is 1. The van der Waals surface area contributed by atoms with E-state index < -0.39 is 18.1 Å². The van der Waals surface area contributed by atoms with Crippen molar-refractivity contribution in [2.24, 2.45) is 13.0 Å². The first-order chi connectivity index (χ1) is 13.8. The number of ether oxygens (including phenoxy) is 1. The predicted octanol–water partition coefficient (Wildman–Crippen LogP) is 4.68. The van der Waals surface area contributed by atoms with Crippen molar-refractivity contribution in [3.8, 4) is 0 Å². The highest BCUT2D eigenvalue weighted by molar-refractivity contribution is 6.10. The SMILES string of the molecule is CCOC(=O)c1cc2c3ccccc3n(C)c2nc1N1CCC[C@@H](C(F)(F)F)C1. The lowest BCUT2D eigenvalue weighted by molar-refractivity contribution is -0.176. The van der Waals surface area contributed by atoms with Crippen molar-refractivity contribution < 1.29 is 22.7 Å². The summed E-state index contributed by atoms with van der Waals surface area (Å²) in [6, 6.07) is 9.40. The van der Waals surface area contributed by atoms with E-state index in [1.54, 1.807) is 17.9 Å². The predicted molar refractivity (Wildman–Crippen MR) is 105 cm³/mol. The minimum atomic E-state index is -4.27. The van der Waals surface area contributed by atoms with Crippen LogP contribution in [0, 0.1) is 5.92 Å². The van der Waals surface area contributed by atoms with Crippen LogP contribution in [0.5, 0.6) is 0 Å². The Hall–Kier alpha value is -2.77. The Labute approximate surface area is 166 Å². The van der Waals surface area contributed by atoms with Crippen molar-refractivity contribution in [3.63, 3.8) is 0 Å². The van der Waals surface area contributed by atoms with Crippen LogP contribution >= 0.6 is 0 Å². The number of halogens is 3. The summed E-state index contributed by atoms with van der Waals surface area (Å²) in [7, 11) is 1.86. The molecule has 3 aromatic rings.